The first-order valence-electron chi connectivity index (χ1n) is 5.80. The van der Waals surface area contributed by atoms with Gasteiger partial charge in [0.05, 0.1) is 0 Å². The fraction of sp³-hybridized carbons (Fsp3) is 0.455. The van der Waals surface area contributed by atoms with E-state index in [1.165, 1.54) is 11.3 Å². The largest absolute Gasteiger partial charge is 0.370 e. The van der Waals surface area contributed by atoms with Gasteiger partial charge < -0.3 is 5.32 Å². The van der Waals surface area contributed by atoms with E-state index in [-0.39, 0.29) is 0 Å². The molecule has 0 saturated heterocycles. The molecule has 18 heavy (non-hydrogen) atoms. The second kappa shape index (κ2) is 6.10. The molecule has 0 aliphatic heterocycles. The fourth-order valence-electron chi connectivity index (χ4n) is 1.43. The van der Waals surface area contributed by atoms with Crippen molar-refractivity contribution in [3.05, 3.63) is 16.9 Å². The van der Waals surface area contributed by atoms with Gasteiger partial charge in [0.2, 0.25) is 0 Å². The quantitative estimate of drug-likeness (QED) is 0.850. The maximum atomic E-state index is 4.56. The van der Waals surface area contributed by atoms with Crippen molar-refractivity contribution in [3.63, 3.8) is 0 Å². The van der Waals surface area contributed by atoms with Gasteiger partial charge in [0.15, 0.2) is 4.34 Å². The number of hydrogen-bond acceptors (Lipinski definition) is 7. The molecule has 0 atom stereocenters. The number of rotatable bonds is 5. The zero-order valence-electron chi connectivity index (χ0n) is 10.6. The Hall–Kier alpha value is -1.21. The molecule has 0 bridgehead atoms. The molecule has 0 radical (unpaired) electrons. The third-order valence-electron chi connectivity index (χ3n) is 2.33. The Kier molecular flexibility index (Phi) is 4.48. The number of aryl methyl sites for hydroxylation is 1. The Morgan fingerprint density at radius 1 is 1.33 bits per heavy atom. The van der Waals surface area contributed by atoms with Crippen LogP contribution < -0.4 is 5.32 Å². The standard InChI is InChI=1S/C11H15N5S2/c1-4-8-14-9(12-5-2)7(3)10(15-8)18-11-16-13-6-17-11/h6H,4-5H2,1-3H3,(H,12,14,15). The van der Waals surface area contributed by atoms with Crippen LogP contribution in [0.1, 0.15) is 25.2 Å². The summed E-state index contributed by atoms with van der Waals surface area (Å²) in [4.78, 5) is 9.06. The third-order valence-corrected chi connectivity index (χ3v) is 4.20. The first-order chi connectivity index (χ1) is 8.74. The van der Waals surface area contributed by atoms with Gasteiger partial charge >= 0.3 is 0 Å². The first-order valence-corrected chi connectivity index (χ1v) is 7.49. The molecule has 7 heteroatoms. The van der Waals surface area contributed by atoms with E-state index >= 15 is 0 Å². The van der Waals surface area contributed by atoms with Crippen molar-refractivity contribution in [2.45, 2.75) is 36.6 Å². The monoisotopic (exact) mass is 281 g/mol. The molecule has 0 aliphatic rings. The molecule has 0 amide bonds. The molecular weight excluding hydrogens is 266 g/mol. The van der Waals surface area contributed by atoms with E-state index in [1.807, 2.05) is 6.92 Å². The Morgan fingerprint density at radius 3 is 2.78 bits per heavy atom. The van der Waals surface area contributed by atoms with Gasteiger partial charge in [-0.2, -0.15) is 0 Å². The molecule has 2 rings (SSSR count). The van der Waals surface area contributed by atoms with E-state index in [4.69, 9.17) is 0 Å². The molecule has 96 valence electrons. The Labute approximate surface area is 114 Å². The maximum Gasteiger partial charge on any atom is 0.180 e. The summed E-state index contributed by atoms with van der Waals surface area (Å²) >= 11 is 3.06. The van der Waals surface area contributed by atoms with E-state index in [0.29, 0.717) is 0 Å². The SMILES string of the molecule is CCNc1nc(CC)nc(Sc2nncs2)c1C. The van der Waals surface area contributed by atoms with E-state index in [0.717, 1.165) is 39.5 Å². The molecule has 2 aromatic heterocycles. The minimum absolute atomic E-state index is 0.822. The predicted molar refractivity (Wildman–Crippen MR) is 74.3 cm³/mol. The van der Waals surface area contributed by atoms with Gasteiger partial charge in [-0.05, 0) is 25.6 Å². The van der Waals surface area contributed by atoms with Crippen LogP contribution in [0.3, 0.4) is 0 Å². The number of hydrogen-bond donors (Lipinski definition) is 1. The predicted octanol–water partition coefficient (Wildman–Crippen LogP) is 2.78. The third kappa shape index (κ3) is 2.97. The topological polar surface area (TPSA) is 63.6 Å². The van der Waals surface area contributed by atoms with Crippen molar-refractivity contribution >= 4 is 28.9 Å². The molecule has 0 aliphatic carbocycles. The minimum atomic E-state index is 0.822. The normalized spacial score (nSPS) is 10.6. The maximum absolute atomic E-state index is 4.56. The van der Waals surface area contributed by atoms with Gasteiger partial charge in [-0.1, -0.05) is 18.3 Å². The molecule has 5 nitrogen and oxygen atoms in total. The summed E-state index contributed by atoms with van der Waals surface area (Å²) in [5.74, 6) is 1.76. The van der Waals surface area contributed by atoms with Crippen LogP contribution in [0.2, 0.25) is 0 Å². The fourth-order valence-corrected chi connectivity index (χ4v) is 2.92. The second-order valence-corrected chi connectivity index (χ2v) is 5.68. The van der Waals surface area contributed by atoms with Gasteiger partial charge in [-0.25, -0.2) is 9.97 Å². The van der Waals surface area contributed by atoms with Crippen LogP contribution in [-0.4, -0.2) is 26.7 Å². The van der Waals surface area contributed by atoms with Gasteiger partial charge in [0.25, 0.3) is 0 Å². The van der Waals surface area contributed by atoms with Crippen molar-refractivity contribution < 1.29 is 0 Å². The lowest BCUT2D eigenvalue weighted by atomic mass is 10.3. The smallest absolute Gasteiger partial charge is 0.180 e. The molecule has 0 saturated carbocycles. The Bertz CT molecular complexity index is 512. The molecule has 2 heterocycles. The zero-order valence-corrected chi connectivity index (χ0v) is 12.2. The summed E-state index contributed by atoms with van der Waals surface area (Å²) in [6.45, 7) is 7.00. The minimum Gasteiger partial charge on any atom is -0.370 e. The molecule has 0 fully saturated rings. The van der Waals surface area contributed by atoms with Crippen LogP contribution >= 0.6 is 23.1 Å². The van der Waals surface area contributed by atoms with Crippen LogP contribution in [0, 0.1) is 6.92 Å². The molecular formula is C11H15N5S2. The Morgan fingerprint density at radius 2 is 2.17 bits per heavy atom. The van der Waals surface area contributed by atoms with Gasteiger partial charge in [-0.15, -0.1) is 10.2 Å². The highest BCUT2D eigenvalue weighted by atomic mass is 32.2. The summed E-state index contributed by atoms with van der Waals surface area (Å²) in [6, 6.07) is 0. The van der Waals surface area contributed by atoms with Crippen LogP contribution in [0.25, 0.3) is 0 Å². The van der Waals surface area contributed by atoms with Crippen molar-refractivity contribution in [2.24, 2.45) is 0 Å². The number of anilines is 1. The first kappa shape index (κ1) is 13.2. The summed E-state index contributed by atoms with van der Waals surface area (Å²) in [5.41, 5.74) is 2.79. The van der Waals surface area contributed by atoms with E-state index in [1.54, 1.807) is 17.3 Å². The molecule has 0 unspecified atom stereocenters. The molecule has 1 N–H and O–H groups in total. The van der Waals surface area contributed by atoms with E-state index in [9.17, 15) is 0 Å². The summed E-state index contributed by atoms with van der Waals surface area (Å²) in [7, 11) is 0. The lowest BCUT2D eigenvalue weighted by Gasteiger charge is -2.11. The average molecular weight is 281 g/mol. The number of aromatic nitrogens is 4. The van der Waals surface area contributed by atoms with Crippen molar-refractivity contribution in [1.82, 2.24) is 20.2 Å². The molecule has 0 spiro atoms. The highest BCUT2D eigenvalue weighted by molar-refractivity contribution is 8.01. The van der Waals surface area contributed by atoms with E-state index in [2.05, 4.69) is 39.3 Å². The van der Waals surface area contributed by atoms with E-state index < -0.39 is 0 Å². The summed E-state index contributed by atoms with van der Waals surface area (Å²) < 4.78 is 0.904. The van der Waals surface area contributed by atoms with Crippen LogP contribution in [-0.2, 0) is 6.42 Å². The van der Waals surface area contributed by atoms with Gasteiger partial charge in [0.1, 0.15) is 22.2 Å². The van der Waals surface area contributed by atoms with Crippen LogP contribution in [0.5, 0.6) is 0 Å². The van der Waals surface area contributed by atoms with Crippen LogP contribution in [0.15, 0.2) is 14.9 Å². The molecule has 0 aromatic carbocycles. The van der Waals surface area contributed by atoms with Crippen LogP contribution in [0.4, 0.5) is 5.82 Å². The summed E-state index contributed by atoms with van der Waals surface area (Å²) in [6.07, 6.45) is 0.822. The number of nitrogens with zero attached hydrogens (tertiary/aromatic N) is 4. The highest BCUT2D eigenvalue weighted by Crippen LogP contribution is 2.31. The second-order valence-electron chi connectivity index (χ2n) is 3.61. The average Bonchev–Trinajstić information content (AvgIpc) is 2.87. The van der Waals surface area contributed by atoms with Gasteiger partial charge in [0, 0.05) is 18.5 Å². The number of nitrogens with one attached hydrogen (secondary N) is 1. The van der Waals surface area contributed by atoms with Crippen molar-refractivity contribution in [1.29, 1.82) is 0 Å². The lowest BCUT2D eigenvalue weighted by molar-refractivity contribution is 0.869. The molecule has 2 aromatic rings. The highest BCUT2D eigenvalue weighted by Gasteiger charge is 2.12. The zero-order chi connectivity index (χ0) is 13.0. The summed E-state index contributed by atoms with van der Waals surface area (Å²) in [5, 5.41) is 12.1. The van der Waals surface area contributed by atoms with Crippen molar-refractivity contribution in [3.8, 4) is 0 Å². The van der Waals surface area contributed by atoms with Gasteiger partial charge in [-0.3, -0.25) is 0 Å². The Balaban J connectivity index is 2.35. The lowest BCUT2D eigenvalue weighted by Crippen LogP contribution is -2.07. The van der Waals surface area contributed by atoms with Crippen molar-refractivity contribution in [2.75, 3.05) is 11.9 Å².